The fourth-order valence-electron chi connectivity index (χ4n) is 1.50. The Morgan fingerprint density at radius 2 is 2.17 bits per heavy atom. The second-order valence-corrected chi connectivity index (χ2v) is 7.34. The first kappa shape index (κ1) is 14.2. The number of thiophene rings is 1. The van der Waals surface area contributed by atoms with Gasteiger partial charge >= 0.3 is 6.18 Å². The molecule has 1 N–H and O–H groups in total. The third-order valence-electron chi connectivity index (χ3n) is 2.26. The van der Waals surface area contributed by atoms with Gasteiger partial charge in [0.15, 0.2) is 5.01 Å². The molecule has 0 aliphatic heterocycles. The van der Waals surface area contributed by atoms with Gasteiger partial charge in [-0.2, -0.15) is 13.2 Å². The fraction of sp³-hybridized carbons (Fsp3) is 0.300. The molecule has 0 fully saturated rings. The molecule has 0 saturated heterocycles. The number of alkyl halides is 3. The van der Waals surface area contributed by atoms with E-state index in [1.807, 2.05) is 11.4 Å². The van der Waals surface area contributed by atoms with Crippen LogP contribution in [0.3, 0.4) is 0 Å². The Labute approximate surface area is 123 Å². The van der Waals surface area contributed by atoms with Crippen molar-refractivity contribution in [3.8, 4) is 0 Å². The average Bonchev–Trinajstić information content (AvgIpc) is 2.88. The monoisotopic (exact) mass is 404 g/mol. The molecule has 2 nitrogen and oxygen atoms in total. The normalized spacial score (nSPS) is 13.8. The molecule has 0 aliphatic rings. The minimum Gasteiger partial charge on any atom is -0.309 e. The van der Waals surface area contributed by atoms with Gasteiger partial charge in [0.2, 0.25) is 0 Å². The molecule has 0 radical (unpaired) electrons. The maximum absolute atomic E-state index is 12.5. The van der Waals surface area contributed by atoms with E-state index < -0.39 is 11.2 Å². The molecule has 18 heavy (non-hydrogen) atoms. The lowest BCUT2D eigenvalue weighted by atomic mass is 10.1. The molecule has 1 unspecified atom stereocenters. The second kappa shape index (κ2) is 5.43. The summed E-state index contributed by atoms with van der Waals surface area (Å²) in [5.41, 5.74) is 0.962. The van der Waals surface area contributed by atoms with E-state index in [2.05, 4.69) is 32.9 Å². The Balaban J connectivity index is 2.31. The van der Waals surface area contributed by atoms with Gasteiger partial charge < -0.3 is 5.32 Å². The third-order valence-corrected chi connectivity index (χ3v) is 5.17. The molecule has 0 aliphatic carbocycles. The first-order valence-electron chi connectivity index (χ1n) is 4.86. The summed E-state index contributed by atoms with van der Waals surface area (Å²) in [6, 6.07) is 1.72. The Bertz CT molecular complexity index is 535. The molecule has 2 aromatic heterocycles. The summed E-state index contributed by atoms with van der Waals surface area (Å²) in [6.45, 7) is 0. The number of hydrogen-bond donors (Lipinski definition) is 1. The van der Waals surface area contributed by atoms with E-state index >= 15 is 0 Å². The number of halogens is 4. The number of thiazole rings is 1. The summed E-state index contributed by atoms with van der Waals surface area (Å²) >= 11 is 4.43. The number of hydrogen-bond acceptors (Lipinski definition) is 4. The lowest BCUT2D eigenvalue weighted by Crippen LogP contribution is -2.15. The van der Waals surface area contributed by atoms with Crippen LogP contribution in [0.4, 0.5) is 13.2 Å². The molecular formula is C10H8F3IN2S2. The Morgan fingerprint density at radius 1 is 1.44 bits per heavy atom. The largest absolute Gasteiger partial charge is 0.443 e. The van der Waals surface area contributed by atoms with E-state index in [9.17, 15) is 13.2 Å². The molecular weight excluding hydrogens is 396 g/mol. The highest BCUT2D eigenvalue weighted by Crippen LogP contribution is 2.36. The molecule has 1 atom stereocenters. The number of nitrogens with zero attached hydrogens (tertiary/aromatic N) is 1. The quantitative estimate of drug-likeness (QED) is 0.779. The lowest BCUT2D eigenvalue weighted by Gasteiger charge is -2.12. The van der Waals surface area contributed by atoms with Crippen molar-refractivity contribution in [1.82, 2.24) is 10.3 Å². The molecule has 0 saturated carbocycles. The van der Waals surface area contributed by atoms with E-state index in [1.54, 1.807) is 18.4 Å². The van der Waals surface area contributed by atoms with Crippen molar-refractivity contribution in [3.05, 3.63) is 36.0 Å². The van der Waals surface area contributed by atoms with Gasteiger partial charge in [0.1, 0.15) is 0 Å². The van der Waals surface area contributed by atoms with Gasteiger partial charge in [0, 0.05) is 11.1 Å². The van der Waals surface area contributed by atoms with Gasteiger partial charge in [0.25, 0.3) is 0 Å². The van der Waals surface area contributed by atoms with Crippen molar-refractivity contribution in [2.75, 3.05) is 7.05 Å². The van der Waals surface area contributed by atoms with E-state index in [-0.39, 0.29) is 6.04 Å². The Hall–Kier alpha value is -0.190. The van der Waals surface area contributed by atoms with Crippen LogP contribution >= 0.6 is 45.3 Å². The first-order chi connectivity index (χ1) is 8.41. The van der Waals surface area contributed by atoms with Crippen LogP contribution in [0.5, 0.6) is 0 Å². The van der Waals surface area contributed by atoms with Crippen LogP contribution in [0, 0.1) is 2.88 Å². The van der Waals surface area contributed by atoms with Crippen LogP contribution in [0.15, 0.2) is 17.6 Å². The summed E-state index contributed by atoms with van der Waals surface area (Å²) < 4.78 is 38.6. The molecule has 2 rings (SSSR count). The summed E-state index contributed by atoms with van der Waals surface area (Å²) in [7, 11) is 1.72. The average molecular weight is 404 g/mol. The van der Waals surface area contributed by atoms with E-state index in [0.29, 0.717) is 16.2 Å². The molecule has 8 heteroatoms. The number of aromatic nitrogens is 1. The zero-order chi connectivity index (χ0) is 13.3. The van der Waals surface area contributed by atoms with Gasteiger partial charge in [-0.3, -0.25) is 0 Å². The van der Waals surface area contributed by atoms with Crippen molar-refractivity contribution in [2.45, 2.75) is 12.2 Å². The maximum atomic E-state index is 12.5. The van der Waals surface area contributed by atoms with Gasteiger partial charge in [-0.05, 0) is 46.6 Å². The van der Waals surface area contributed by atoms with Crippen molar-refractivity contribution in [2.24, 2.45) is 0 Å². The zero-order valence-electron chi connectivity index (χ0n) is 9.08. The molecule has 2 heterocycles. The molecule has 0 spiro atoms. The highest BCUT2D eigenvalue weighted by molar-refractivity contribution is 14.1. The van der Waals surface area contributed by atoms with Crippen LogP contribution in [0.2, 0.25) is 0 Å². The third kappa shape index (κ3) is 3.03. The maximum Gasteiger partial charge on any atom is 0.443 e. The van der Waals surface area contributed by atoms with Crippen molar-refractivity contribution >= 4 is 45.3 Å². The SMILES string of the molecule is CNC(c1csc(I)c1)c1cnc(C(F)(F)F)s1. The highest BCUT2D eigenvalue weighted by atomic mass is 127. The van der Waals surface area contributed by atoms with Crippen LogP contribution in [-0.4, -0.2) is 12.0 Å². The minimum atomic E-state index is -4.37. The predicted octanol–water partition coefficient (Wildman–Crippen LogP) is 4.14. The molecule has 98 valence electrons. The summed E-state index contributed by atoms with van der Waals surface area (Å²) in [5.74, 6) is 0. The van der Waals surface area contributed by atoms with Crippen LogP contribution in [-0.2, 0) is 6.18 Å². The van der Waals surface area contributed by atoms with Crippen LogP contribution in [0.25, 0.3) is 0 Å². The van der Waals surface area contributed by atoms with E-state index in [0.717, 1.165) is 8.45 Å². The molecule has 0 amide bonds. The Kier molecular flexibility index (Phi) is 4.29. The van der Waals surface area contributed by atoms with Gasteiger partial charge in [0.05, 0.1) is 8.93 Å². The van der Waals surface area contributed by atoms with Crippen molar-refractivity contribution in [3.63, 3.8) is 0 Å². The molecule has 2 aromatic rings. The van der Waals surface area contributed by atoms with Gasteiger partial charge in [-0.1, -0.05) is 0 Å². The summed E-state index contributed by atoms with van der Waals surface area (Å²) in [5, 5.41) is 4.16. The standard InChI is InChI=1S/C10H8F3IN2S2/c1-15-8(5-2-7(14)17-4-5)6-3-16-9(18-6)10(11,12)13/h2-4,8,15H,1H3. The minimum absolute atomic E-state index is 0.238. The highest BCUT2D eigenvalue weighted by Gasteiger charge is 2.35. The first-order valence-corrected chi connectivity index (χ1v) is 7.63. The van der Waals surface area contributed by atoms with Crippen LogP contribution < -0.4 is 5.32 Å². The Morgan fingerprint density at radius 3 is 2.61 bits per heavy atom. The van der Waals surface area contributed by atoms with Gasteiger partial charge in [-0.15, -0.1) is 22.7 Å². The second-order valence-electron chi connectivity index (χ2n) is 3.47. The predicted molar refractivity (Wildman–Crippen MR) is 75.1 cm³/mol. The zero-order valence-corrected chi connectivity index (χ0v) is 12.9. The summed E-state index contributed by atoms with van der Waals surface area (Å²) in [6.07, 6.45) is -3.08. The smallest absolute Gasteiger partial charge is 0.309 e. The molecule has 0 bridgehead atoms. The number of rotatable bonds is 3. The number of nitrogens with one attached hydrogen (secondary N) is 1. The van der Waals surface area contributed by atoms with Crippen molar-refractivity contribution in [1.29, 1.82) is 0 Å². The van der Waals surface area contributed by atoms with Gasteiger partial charge in [-0.25, -0.2) is 4.98 Å². The molecule has 0 aromatic carbocycles. The van der Waals surface area contributed by atoms with Crippen LogP contribution in [0.1, 0.15) is 21.5 Å². The van der Waals surface area contributed by atoms with E-state index in [4.69, 9.17) is 0 Å². The topological polar surface area (TPSA) is 24.9 Å². The van der Waals surface area contributed by atoms with E-state index in [1.165, 1.54) is 6.20 Å². The lowest BCUT2D eigenvalue weighted by molar-refractivity contribution is -0.137. The fourth-order valence-corrected chi connectivity index (χ4v) is 3.82. The summed E-state index contributed by atoms with van der Waals surface area (Å²) in [4.78, 5) is 4.01. The van der Waals surface area contributed by atoms with Crippen molar-refractivity contribution < 1.29 is 13.2 Å².